The SMILES string of the molecule is N#Cc1c(Nc2cccc(CI)c2)n[nH]c1/N=C/c1cc(F)cc2c1OCOC2. The van der Waals surface area contributed by atoms with E-state index in [0.717, 1.165) is 15.7 Å². The fraction of sp³-hybridized carbons (Fsp3) is 0.150. The molecule has 1 aliphatic rings. The Bertz CT molecular complexity index is 1120. The van der Waals surface area contributed by atoms with Crippen molar-refractivity contribution in [2.24, 2.45) is 4.99 Å². The molecule has 2 heterocycles. The number of alkyl halides is 1. The number of hydrogen-bond donors (Lipinski definition) is 2. The Hall–Kier alpha value is -2.97. The third kappa shape index (κ3) is 4.23. The highest BCUT2D eigenvalue weighted by molar-refractivity contribution is 14.1. The number of H-pyrrole nitrogens is 1. The Morgan fingerprint density at radius 1 is 1.38 bits per heavy atom. The summed E-state index contributed by atoms with van der Waals surface area (Å²) in [7, 11) is 0. The van der Waals surface area contributed by atoms with Crippen LogP contribution in [0, 0.1) is 17.1 Å². The van der Waals surface area contributed by atoms with Crippen molar-refractivity contribution in [3.8, 4) is 11.8 Å². The zero-order chi connectivity index (χ0) is 20.2. The Balaban J connectivity index is 1.62. The third-order valence-corrected chi connectivity index (χ3v) is 5.12. The van der Waals surface area contributed by atoms with Crippen molar-refractivity contribution in [3.63, 3.8) is 0 Å². The molecule has 0 aliphatic carbocycles. The van der Waals surface area contributed by atoms with Crippen LogP contribution in [0.1, 0.15) is 22.3 Å². The van der Waals surface area contributed by atoms with Gasteiger partial charge in [-0.2, -0.15) is 10.4 Å². The van der Waals surface area contributed by atoms with Gasteiger partial charge in [-0.15, -0.1) is 0 Å². The maximum absolute atomic E-state index is 13.9. The molecule has 7 nitrogen and oxygen atoms in total. The predicted octanol–water partition coefficient (Wildman–Crippen LogP) is 4.72. The highest BCUT2D eigenvalue weighted by Crippen LogP contribution is 2.30. The average molecular weight is 503 g/mol. The average Bonchev–Trinajstić information content (AvgIpc) is 3.13. The van der Waals surface area contributed by atoms with Gasteiger partial charge in [0, 0.05) is 27.5 Å². The molecule has 0 amide bonds. The second-order valence-corrected chi connectivity index (χ2v) is 6.98. The number of ether oxygens (including phenoxy) is 2. The number of nitrogens with zero attached hydrogens (tertiary/aromatic N) is 3. The van der Waals surface area contributed by atoms with Crippen LogP contribution in [0.25, 0.3) is 0 Å². The Kier molecular flexibility index (Phi) is 5.73. The second kappa shape index (κ2) is 8.59. The van der Waals surface area contributed by atoms with Crippen molar-refractivity contribution >= 4 is 46.1 Å². The van der Waals surface area contributed by atoms with Crippen LogP contribution in [-0.4, -0.2) is 23.2 Å². The van der Waals surface area contributed by atoms with Gasteiger partial charge in [0.1, 0.15) is 23.2 Å². The molecule has 2 N–H and O–H groups in total. The van der Waals surface area contributed by atoms with Gasteiger partial charge in [0.2, 0.25) is 0 Å². The van der Waals surface area contributed by atoms with Crippen LogP contribution in [0.4, 0.5) is 21.7 Å². The van der Waals surface area contributed by atoms with E-state index < -0.39 is 5.82 Å². The summed E-state index contributed by atoms with van der Waals surface area (Å²) in [5, 5.41) is 19.6. The molecule has 2 aromatic carbocycles. The number of hydrogen-bond acceptors (Lipinski definition) is 6. The normalized spacial score (nSPS) is 13.0. The van der Waals surface area contributed by atoms with E-state index in [1.54, 1.807) is 0 Å². The first-order valence-corrected chi connectivity index (χ1v) is 10.2. The summed E-state index contributed by atoms with van der Waals surface area (Å²) in [6, 6.07) is 12.6. The highest BCUT2D eigenvalue weighted by atomic mass is 127. The number of fused-ring (bicyclic) bond motifs is 1. The summed E-state index contributed by atoms with van der Waals surface area (Å²) >= 11 is 2.29. The molecule has 0 saturated carbocycles. The Morgan fingerprint density at radius 3 is 3.10 bits per heavy atom. The fourth-order valence-electron chi connectivity index (χ4n) is 2.93. The monoisotopic (exact) mass is 503 g/mol. The van der Waals surface area contributed by atoms with E-state index in [1.807, 2.05) is 24.3 Å². The molecule has 0 spiro atoms. The molecular formula is C20H15FIN5O2. The fourth-order valence-corrected chi connectivity index (χ4v) is 3.40. The molecule has 0 fully saturated rings. The molecule has 146 valence electrons. The van der Waals surface area contributed by atoms with Crippen molar-refractivity contribution in [1.82, 2.24) is 10.2 Å². The molecule has 4 rings (SSSR count). The molecular weight excluding hydrogens is 488 g/mol. The number of rotatable bonds is 5. The summed E-state index contributed by atoms with van der Waals surface area (Å²) in [5.74, 6) is 0.747. The van der Waals surface area contributed by atoms with Crippen LogP contribution in [0.2, 0.25) is 0 Å². The summed E-state index contributed by atoms with van der Waals surface area (Å²) in [5.41, 5.74) is 3.31. The molecule has 0 radical (unpaired) electrons. The number of aromatic amines is 1. The van der Waals surface area contributed by atoms with Gasteiger partial charge in [-0.1, -0.05) is 34.7 Å². The first-order chi connectivity index (χ1) is 14.2. The van der Waals surface area contributed by atoms with Crippen LogP contribution >= 0.6 is 22.6 Å². The van der Waals surface area contributed by atoms with Gasteiger partial charge in [-0.05, 0) is 29.8 Å². The van der Waals surface area contributed by atoms with Crippen LogP contribution in [-0.2, 0) is 15.8 Å². The predicted molar refractivity (Wildman–Crippen MR) is 115 cm³/mol. The number of nitriles is 1. The van der Waals surface area contributed by atoms with Gasteiger partial charge in [-0.3, -0.25) is 5.10 Å². The molecule has 9 heteroatoms. The van der Waals surface area contributed by atoms with E-state index in [2.05, 4.69) is 49.2 Å². The van der Waals surface area contributed by atoms with Crippen molar-refractivity contribution in [2.75, 3.05) is 12.1 Å². The summed E-state index contributed by atoms with van der Waals surface area (Å²) < 4.78 is 25.4. The van der Waals surface area contributed by atoms with Crippen LogP contribution in [0.3, 0.4) is 0 Å². The molecule has 1 aromatic heterocycles. The lowest BCUT2D eigenvalue weighted by Crippen LogP contribution is -2.13. The summed E-state index contributed by atoms with van der Waals surface area (Å²) in [6.45, 7) is 0.364. The number of halogens is 2. The molecule has 29 heavy (non-hydrogen) atoms. The van der Waals surface area contributed by atoms with Crippen LogP contribution in [0.15, 0.2) is 41.4 Å². The standard InChI is InChI=1S/C20H15FIN5O2/c21-15-5-13(18-14(6-15)10-28-11-29-18)9-24-19-17(8-23)20(27-26-19)25-16-3-1-2-12(4-16)7-22/h1-6,9H,7,10-11H2,(H2,25,26,27)/b24-9+. The minimum absolute atomic E-state index is 0.0946. The van der Waals surface area contributed by atoms with Crippen molar-refractivity contribution in [3.05, 3.63) is 64.5 Å². The van der Waals surface area contributed by atoms with Crippen molar-refractivity contribution < 1.29 is 13.9 Å². The topological polar surface area (TPSA) is 95.3 Å². The number of nitrogens with one attached hydrogen (secondary N) is 2. The van der Waals surface area contributed by atoms with E-state index in [-0.39, 0.29) is 24.8 Å². The molecule has 0 saturated heterocycles. The zero-order valence-corrected chi connectivity index (χ0v) is 17.2. The van der Waals surface area contributed by atoms with E-state index in [9.17, 15) is 9.65 Å². The van der Waals surface area contributed by atoms with Gasteiger partial charge in [0.25, 0.3) is 0 Å². The molecule has 3 aromatic rings. The minimum atomic E-state index is -0.415. The number of aliphatic imine (C=N–C) groups is 1. The number of aromatic nitrogens is 2. The zero-order valence-electron chi connectivity index (χ0n) is 15.1. The first-order valence-electron chi connectivity index (χ1n) is 8.65. The quantitative estimate of drug-likeness (QED) is 0.299. The summed E-state index contributed by atoms with van der Waals surface area (Å²) in [4.78, 5) is 4.30. The van der Waals surface area contributed by atoms with E-state index in [1.165, 1.54) is 18.3 Å². The van der Waals surface area contributed by atoms with Crippen LogP contribution in [0.5, 0.6) is 5.75 Å². The Morgan fingerprint density at radius 2 is 2.28 bits per heavy atom. The summed E-state index contributed by atoms with van der Waals surface area (Å²) in [6.07, 6.45) is 1.45. The van der Waals surface area contributed by atoms with E-state index >= 15 is 0 Å². The molecule has 0 unspecified atom stereocenters. The molecule has 0 bridgehead atoms. The van der Waals surface area contributed by atoms with E-state index in [0.29, 0.717) is 22.7 Å². The Labute approximate surface area is 179 Å². The van der Waals surface area contributed by atoms with Crippen molar-refractivity contribution in [1.29, 1.82) is 5.26 Å². The van der Waals surface area contributed by atoms with Gasteiger partial charge in [-0.25, -0.2) is 9.38 Å². The maximum Gasteiger partial charge on any atom is 0.189 e. The lowest BCUT2D eigenvalue weighted by Gasteiger charge is -2.19. The number of benzene rings is 2. The molecule has 1 aliphatic heterocycles. The first kappa shape index (κ1) is 19.4. The largest absolute Gasteiger partial charge is 0.466 e. The second-order valence-electron chi connectivity index (χ2n) is 6.22. The highest BCUT2D eigenvalue weighted by Gasteiger charge is 2.17. The number of anilines is 2. The van der Waals surface area contributed by atoms with Crippen molar-refractivity contribution in [2.45, 2.75) is 11.0 Å². The van der Waals surface area contributed by atoms with E-state index in [4.69, 9.17) is 9.47 Å². The minimum Gasteiger partial charge on any atom is -0.466 e. The third-order valence-electron chi connectivity index (χ3n) is 4.24. The smallest absolute Gasteiger partial charge is 0.189 e. The lowest BCUT2D eigenvalue weighted by molar-refractivity contribution is -0.0166. The van der Waals surface area contributed by atoms with Gasteiger partial charge in [0.15, 0.2) is 18.4 Å². The van der Waals surface area contributed by atoms with Gasteiger partial charge in [0.05, 0.1) is 6.61 Å². The van der Waals surface area contributed by atoms with Crippen LogP contribution < -0.4 is 10.1 Å². The van der Waals surface area contributed by atoms with Gasteiger partial charge < -0.3 is 14.8 Å². The molecule has 0 atom stereocenters. The maximum atomic E-state index is 13.9. The lowest BCUT2D eigenvalue weighted by atomic mass is 10.1. The van der Waals surface area contributed by atoms with Gasteiger partial charge >= 0.3 is 0 Å².